The van der Waals surface area contributed by atoms with Crippen LogP contribution < -0.4 is 10.1 Å². The largest absolute Gasteiger partial charge is 0.472 e. The molecule has 0 radical (unpaired) electrons. The lowest BCUT2D eigenvalue weighted by Crippen LogP contribution is -2.20. The molecule has 0 unspecified atom stereocenters. The van der Waals surface area contributed by atoms with Crippen molar-refractivity contribution in [2.24, 2.45) is 7.05 Å². The summed E-state index contributed by atoms with van der Waals surface area (Å²) in [5.41, 5.74) is 3.34. The van der Waals surface area contributed by atoms with Crippen LogP contribution in [0.5, 0.6) is 5.88 Å². The number of ether oxygens (including phenoxy) is 1. The molecule has 1 aliphatic rings. The van der Waals surface area contributed by atoms with Gasteiger partial charge in [0, 0.05) is 18.8 Å². The smallest absolute Gasteiger partial charge is 0.260 e. The average Bonchev–Trinajstić information content (AvgIpc) is 3.07. The van der Waals surface area contributed by atoms with Crippen LogP contribution in [0, 0.1) is 6.92 Å². The minimum absolute atomic E-state index is 0. The van der Waals surface area contributed by atoms with Gasteiger partial charge in [-0.25, -0.2) is 14.5 Å². The summed E-state index contributed by atoms with van der Waals surface area (Å²) < 4.78 is 9.72. The number of aryl methyl sites for hydroxylation is 2. The number of halogens is 1. The van der Waals surface area contributed by atoms with Gasteiger partial charge in [0.1, 0.15) is 12.4 Å². The first-order chi connectivity index (χ1) is 11.7. The Balaban J connectivity index is 0.00000182. The Morgan fingerprint density at radius 1 is 1.24 bits per heavy atom. The van der Waals surface area contributed by atoms with Crippen molar-refractivity contribution in [3.8, 4) is 17.1 Å². The Morgan fingerprint density at radius 3 is 2.92 bits per heavy atom. The van der Waals surface area contributed by atoms with Gasteiger partial charge in [-0.2, -0.15) is 10.2 Å². The van der Waals surface area contributed by atoms with Gasteiger partial charge in [0.15, 0.2) is 0 Å². The topological polar surface area (TPSA) is 82.2 Å². The minimum Gasteiger partial charge on any atom is -0.472 e. The van der Waals surface area contributed by atoms with Crippen LogP contribution in [0.4, 0.5) is 0 Å². The first-order valence-corrected chi connectivity index (χ1v) is 8.29. The van der Waals surface area contributed by atoms with E-state index in [0.29, 0.717) is 11.5 Å². The SMILES string of the molecule is Cc1nn(C)cc1-c1cn2ncnc2c(O[C@@H]2CCCNCC2)n1.Cl. The van der Waals surface area contributed by atoms with Crippen LogP contribution in [-0.2, 0) is 7.05 Å². The zero-order valence-corrected chi connectivity index (χ0v) is 15.2. The molecule has 0 bridgehead atoms. The molecule has 25 heavy (non-hydrogen) atoms. The van der Waals surface area contributed by atoms with Crippen LogP contribution >= 0.6 is 12.4 Å². The monoisotopic (exact) mass is 363 g/mol. The maximum absolute atomic E-state index is 6.21. The molecule has 134 valence electrons. The molecule has 0 aliphatic carbocycles. The van der Waals surface area contributed by atoms with Crippen molar-refractivity contribution >= 4 is 18.1 Å². The van der Waals surface area contributed by atoms with Crippen LogP contribution in [0.3, 0.4) is 0 Å². The number of fused-ring (bicyclic) bond motifs is 1. The third kappa shape index (κ3) is 3.59. The second kappa shape index (κ2) is 7.37. The standard InChI is InChI=1S/C16H21N7O.ClH/c1-11-13(8-22(2)21-11)14-9-23-15(18-10-19-23)16(20-14)24-12-4-3-6-17-7-5-12;/h8-10,12,17H,3-7H2,1-2H3;1H/t12-;/m1./s1. The Bertz CT molecular complexity index is 851. The van der Waals surface area contributed by atoms with Gasteiger partial charge in [-0.15, -0.1) is 12.4 Å². The molecular weight excluding hydrogens is 342 g/mol. The summed E-state index contributed by atoms with van der Waals surface area (Å²) in [6.45, 7) is 3.98. The van der Waals surface area contributed by atoms with Crippen molar-refractivity contribution in [1.82, 2.24) is 34.7 Å². The Hall–Kier alpha value is -2.19. The predicted octanol–water partition coefficient (Wildman–Crippen LogP) is 1.78. The molecule has 8 nitrogen and oxygen atoms in total. The molecule has 0 saturated carbocycles. The van der Waals surface area contributed by atoms with Gasteiger partial charge in [0.2, 0.25) is 5.65 Å². The van der Waals surface area contributed by atoms with E-state index in [1.165, 1.54) is 6.33 Å². The van der Waals surface area contributed by atoms with Crippen LogP contribution in [0.1, 0.15) is 25.0 Å². The quantitative estimate of drug-likeness (QED) is 0.763. The number of hydrogen-bond donors (Lipinski definition) is 1. The third-order valence-corrected chi connectivity index (χ3v) is 4.32. The molecule has 4 rings (SSSR count). The minimum atomic E-state index is 0. The highest BCUT2D eigenvalue weighted by Crippen LogP contribution is 2.26. The lowest BCUT2D eigenvalue weighted by Gasteiger charge is -2.16. The highest BCUT2D eigenvalue weighted by Gasteiger charge is 2.19. The molecule has 4 heterocycles. The molecule has 1 atom stereocenters. The zero-order chi connectivity index (χ0) is 16.5. The van der Waals surface area contributed by atoms with Crippen LogP contribution in [-0.4, -0.2) is 48.6 Å². The first kappa shape index (κ1) is 17.6. The Kier molecular flexibility index (Phi) is 5.19. The summed E-state index contributed by atoms with van der Waals surface area (Å²) in [7, 11) is 1.90. The maximum Gasteiger partial charge on any atom is 0.260 e. The van der Waals surface area contributed by atoms with Crippen LogP contribution in [0.2, 0.25) is 0 Å². The Labute approximate surface area is 152 Å². The van der Waals surface area contributed by atoms with Gasteiger partial charge in [0.05, 0.1) is 17.6 Å². The van der Waals surface area contributed by atoms with E-state index in [1.54, 1.807) is 9.20 Å². The lowest BCUT2D eigenvalue weighted by atomic mass is 10.1. The summed E-state index contributed by atoms with van der Waals surface area (Å²) in [5.74, 6) is 0.542. The van der Waals surface area contributed by atoms with Crippen molar-refractivity contribution in [1.29, 1.82) is 0 Å². The van der Waals surface area contributed by atoms with E-state index < -0.39 is 0 Å². The average molecular weight is 364 g/mol. The van der Waals surface area contributed by atoms with Gasteiger partial charge < -0.3 is 10.1 Å². The predicted molar refractivity (Wildman–Crippen MR) is 96.1 cm³/mol. The molecule has 3 aromatic rings. The second-order valence-electron chi connectivity index (χ2n) is 6.18. The molecule has 1 fully saturated rings. The number of aromatic nitrogens is 6. The highest BCUT2D eigenvalue weighted by atomic mass is 35.5. The van der Waals surface area contributed by atoms with E-state index in [-0.39, 0.29) is 18.5 Å². The van der Waals surface area contributed by atoms with Crippen LogP contribution in [0.25, 0.3) is 16.9 Å². The number of nitrogens with one attached hydrogen (secondary N) is 1. The summed E-state index contributed by atoms with van der Waals surface area (Å²) >= 11 is 0. The van der Waals surface area contributed by atoms with E-state index in [0.717, 1.165) is 49.3 Å². The molecule has 1 saturated heterocycles. The van der Waals surface area contributed by atoms with Gasteiger partial charge in [-0.3, -0.25) is 4.68 Å². The fourth-order valence-electron chi connectivity index (χ4n) is 3.12. The molecule has 3 aromatic heterocycles. The maximum atomic E-state index is 6.21. The van der Waals surface area contributed by atoms with Crippen molar-refractivity contribution in [2.45, 2.75) is 32.3 Å². The number of nitrogens with zero attached hydrogens (tertiary/aromatic N) is 6. The molecule has 1 aliphatic heterocycles. The Morgan fingerprint density at radius 2 is 2.12 bits per heavy atom. The van der Waals surface area contributed by atoms with E-state index in [1.807, 2.05) is 26.4 Å². The highest BCUT2D eigenvalue weighted by molar-refractivity contribution is 5.85. The van der Waals surface area contributed by atoms with Gasteiger partial charge in [-0.05, 0) is 39.3 Å². The van der Waals surface area contributed by atoms with Crippen molar-refractivity contribution in [3.63, 3.8) is 0 Å². The van der Waals surface area contributed by atoms with Gasteiger partial charge in [0.25, 0.3) is 5.88 Å². The van der Waals surface area contributed by atoms with E-state index >= 15 is 0 Å². The summed E-state index contributed by atoms with van der Waals surface area (Å²) in [6, 6.07) is 0. The molecule has 9 heteroatoms. The lowest BCUT2D eigenvalue weighted by molar-refractivity contribution is 0.181. The van der Waals surface area contributed by atoms with Crippen LogP contribution in [0.15, 0.2) is 18.7 Å². The molecule has 1 N–H and O–H groups in total. The van der Waals surface area contributed by atoms with Gasteiger partial charge in [-0.1, -0.05) is 0 Å². The van der Waals surface area contributed by atoms with E-state index in [4.69, 9.17) is 9.72 Å². The number of rotatable bonds is 3. The fourth-order valence-corrected chi connectivity index (χ4v) is 3.12. The van der Waals surface area contributed by atoms with Crippen molar-refractivity contribution in [3.05, 3.63) is 24.4 Å². The second-order valence-corrected chi connectivity index (χ2v) is 6.18. The molecular formula is C16H22ClN7O. The molecule has 0 aromatic carbocycles. The van der Waals surface area contributed by atoms with E-state index in [9.17, 15) is 0 Å². The molecule has 0 amide bonds. The summed E-state index contributed by atoms with van der Waals surface area (Å²) in [6.07, 6.45) is 8.60. The zero-order valence-electron chi connectivity index (χ0n) is 14.3. The number of hydrogen-bond acceptors (Lipinski definition) is 6. The fraction of sp³-hybridized carbons (Fsp3) is 0.500. The normalized spacial score (nSPS) is 17.9. The van der Waals surface area contributed by atoms with Crippen molar-refractivity contribution < 1.29 is 4.74 Å². The first-order valence-electron chi connectivity index (χ1n) is 8.29. The summed E-state index contributed by atoms with van der Waals surface area (Å²) in [5, 5.41) is 12.1. The van der Waals surface area contributed by atoms with E-state index in [2.05, 4.69) is 20.5 Å². The van der Waals surface area contributed by atoms with Crippen molar-refractivity contribution in [2.75, 3.05) is 13.1 Å². The third-order valence-electron chi connectivity index (χ3n) is 4.32. The molecule has 0 spiro atoms. The summed E-state index contributed by atoms with van der Waals surface area (Å²) in [4.78, 5) is 9.02. The van der Waals surface area contributed by atoms with Gasteiger partial charge >= 0.3 is 0 Å².